The summed E-state index contributed by atoms with van der Waals surface area (Å²) < 4.78 is 95.9. The molecule has 2 fully saturated rings. The van der Waals surface area contributed by atoms with Crippen LogP contribution >= 0.6 is 0 Å². The van der Waals surface area contributed by atoms with Crippen LogP contribution in [0.4, 0.5) is 30.7 Å². The van der Waals surface area contributed by atoms with E-state index in [1.54, 1.807) is 22.8 Å². The van der Waals surface area contributed by atoms with Crippen molar-refractivity contribution in [2.45, 2.75) is 76.7 Å². The Morgan fingerprint density at radius 3 is 1.83 bits per heavy atom. The molecule has 0 saturated carbocycles. The Morgan fingerprint density at radius 1 is 0.804 bits per heavy atom. The number of alkyl halides is 6. The fourth-order valence-corrected chi connectivity index (χ4v) is 6.69. The number of aryl methyl sites for hydroxylation is 1. The van der Waals surface area contributed by atoms with Crippen LogP contribution in [0.5, 0.6) is 0 Å². The smallest absolute Gasteiger partial charge is 0.343 e. The van der Waals surface area contributed by atoms with Gasteiger partial charge in [-0.15, -0.1) is 0 Å². The van der Waals surface area contributed by atoms with Gasteiger partial charge in [0.25, 0.3) is 0 Å². The second kappa shape index (κ2) is 12.9. The highest BCUT2D eigenvalue weighted by Gasteiger charge is 2.44. The van der Waals surface area contributed by atoms with Gasteiger partial charge in [-0.1, -0.05) is 6.07 Å². The van der Waals surface area contributed by atoms with Crippen molar-refractivity contribution in [2.24, 2.45) is 5.92 Å². The first-order chi connectivity index (χ1) is 21.2. The van der Waals surface area contributed by atoms with Crippen molar-refractivity contribution < 1.29 is 45.1 Å². The molecule has 0 N–H and O–H groups in total. The molecule has 6 nitrogen and oxygen atoms in total. The predicted molar refractivity (Wildman–Crippen MR) is 156 cm³/mol. The fraction of sp³-hybridized carbons (Fsp3) is 0.545. The summed E-state index contributed by atoms with van der Waals surface area (Å²) in [6, 6.07) is 4.74. The lowest BCUT2D eigenvalue weighted by Crippen LogP contribution is -2.56. The average Bonchev–Trinajstić information content (AvgIpc) is 2.98. The minimum Gasteiger partial charge on any atom is -0.343 e. The van der Waals surface area contributed by atoms with E-state index in [2.05, 4.69) is 0 Å². The van der Waals surface area contributed by atoms with Crippen LogP contribution in [0.15, 0.2) is 36.4 Å². The SMILES string of the molecule is CC(=O)N1CCC(C(=O)N2CC[C@@H](N(C)C(=O)C(C)(C)c3cc(C(F)(F)F)cc(C(F)(F)F)c3)[C@H](c3ccc(F)cc3C)C2)CC1. The summed E-state index contributed by atoms with van der Waals surface area (Å²) in [5, 5.41) is 0. The highest BCUT2D eigenvalue weighted by Crippen LogP contribution is 2.41. The number of hydrogen-bond donors (Lipinski definition) is 0. The van der Waals surface area contributed by atoms with Gasteiger partial charge in [-0.05, 0) is 87.1 Å². The van der Waals surface area contributed by atoms with Gasteiger partial charge in [0.15, 0.2) is 0 Å². The second-order valence-electron chi connectivity index (χ2n) is 12.9. The van der Waals surface area contributed by atoms with E-state index in [-0.39, 0.29) is 43.3 Å². The molecular weight excluding hydrogens is 619 g/mol. The molecule has 252 valence electrons. The lowest BCUT2D eigenvalue weighted by atomic mass is 9.78. The zero-order chi connectivity index (χ0) is 34.4. The Kier molecular flexibility index (Phi) is 9.85. The second-order valence-corrected chi connectivity index (χ2v) is 12.9. The van der Waals surface area contributed by atoms with Crippen molar-refractivity contribution in [1.82, 2.24) is 14.7 Å². The van der Waals surface area contributed by atoms with Crippen LogP contribution < -0.4 is 0 Å². The van der Waals surface area contributed by atoms with Gasteiger partial charge in [0.2, 0.25) is 17.7 Å². The topological polar surface area (TPSA) is 60.9 Å². The van der Waals surface area contributed by atoms with Gasteiger partial charge >= 0.3 is 12.4 Å². The first-order valence-corrected chi connectivity index (χ1v) is 15.1. The summed E-state index contributed by atoms with van der Waals surface area (Å²) in [5.74, 6) is -2.16. The molecule has 2 aliphatic rings. The van der Waals surface area contributed by atoms with Crippen molar-refractivity contribution in [3.63, 3.8) is 0 Å². The van der Waals surface area contributed by atoms with Gasteiger partial charge in [0, 0.05) is 58.0 Å². The van der Waals surface area contributed by atoms with E-state index < -0.39 is 58.1 Å². The van der Waals surface area contributed by atoms with E-state index in [9.17, 15) is 45.1 Å². The maximum atomic E-state index is 14.1. The number of likely N-dealkylation sites (N-methyl/N-ethyl adjacent to an activating group) is 1. The number of halogens is 7. The van der Waals surface area contributed by atoms with Gasteiger partial charge in [0.05, 0.1) is 16.5 Å². The molecule has 2 atom stereocenters. The van der Waals surface area contributed by atoms with E-state index in [1.165, 1.54) is 44.9 Å². The van der Waals surface area contributed by atoms with Crippen molar-refractivity contribution in [2.75, 3.05) is 33.2 Å². The van der Waals surface area contributed by atoms with Gasteiger partial charge < -0.3 is 14.7 Å². The molecule has 2 aromatic rings. The van der Waals surface area contributed by atoms with Crippen molar-refractivity contribution in [1.29, 1.82) is 0 Å². The van der Waals surface area contributed by atoms with Crippen molar-refractivity contribution in [3.05, 3.63) is 70.0 Å². The Bertz CT molecular complexity index is 1450. The summed E-state index contributed by atoms with van der Waals surface area (Å²) in [6.07, 6.45) is -8.87. The molecule has 0 aliphatic carbocycles. The Balaban J connectivity index is 1.65. The molecule has 2 heterocycles. The lowest BCUT2D eigenvalue weighted by Gasteiger charge is -2.46. The van der Waals surface area contributed by atoms with Crippen LogP contribution in [0.2, 0.25) is 0 Å². The number of nitrogens with zero attached hydrogens (tertiary/aromatic N) is 3. The molecule has 4 rings (SSSR count). The molecule has 2 saturated heterocycles. The zero-order valence-electron chi connectivity index (χ0n) is 26.4. The molecule has 46 heavy (non-hydrogen) atoms. The largest absolute Gasteiger partial charge is 0.416 e. The van der Waals surface area contributed by atoms with Crippen LogP contribution in [-0.4, -0.2) is 71.7 Å². The van der Waals surface area contributed by atoms with E-state index in [4.69, 9.17) is 0 Å². The number of piperidine rings is 2. The number of rotatable bonds is 5. The molecule has 3 amide bonds. The van der Waals surface area contributed by atoms with E-state index in [0.717, 1.165) is 0 Å². The van der Waals surface area contributed by atoms with Gasteiger partial charge in [0.1, 0.15) is 5.82 Å². The number of amides is 3. The Hall–Kier alpha value is -3.64. The van der Waals surface area contributed by atoms with Gasteiger partial charge in [-0.25, -0.2) is 4.39 Å². The third-order valence-corrected chi connectivity index (χ3v) is 9.47. The molecular formula is C33H38F7N3O3. The quantitative estimate of drug-likeness (QED) is 0.343. The average molecular weight is 658 g/mol. The Labute approximate surface area is 263 Å². The molecule has 0 aromatic heterocycles. The van der Waals surface area contributed by atoms with Gasteiger partial charge in [-0.2, -0.15) is 26.3 Å². The lowest BCUT2D eigenvalue weighted by molar-refractivity contribution is -0.145. The summed E-state index contributed by atoms with van der Waals surface area (Å²) in [5.41, 5.74) is -4.01. The van der Waals surface area contributed by atoms with Gasteiger partial charge in [-0.3, -0.25) is 14.4 Å². The molecule has 0 radical (unpaired) electrons. The van der Waals surface area contributed by atoms with Crippen molar-refractivity contribution in [3.8, 4) is 0 Å². The number of likely N-dealkylation sites (tertiary alicyclic amines) is 2. The molecule has 0 spiro atoms. The van der Waals surface area contributed by atoms with E-state index in [0.29, 0.717) is 49.2 Å². The molecule has 2 aliphatic heterocycles. The molecule has 0 bridgehead atoms. The maximum absolute atomic E-state index is 14.1. The molecule has 13 heteroatoms. The minimum atomic E-state index is -5.08. The summed E-state index contributed by atoms with van der Waals surface area (Å²) in [6.45, 7) is 7.08. The maximum Gasteiger partial charge on any atom is 0.416 e. The number of carbonyl (C=O) groups is 3. The summed E-state index contributed by atoms with van der Waals surface area (Å²) in [4.78, 5) is 44.1. The minimum absolute atomic E-state index is 0.0256. The predicted octanol–water partition coefficient (Wildman–Crippen LogP) is 6.55. The first-order valence-electron chi connectivity index (χ1n) is 15.1. The summed E-state index contributed by atoms with van der Waals surface area (Å²) >= 11 is 0. The monoisotopic (exact) mass is 657 g/mol. The third-order valence-electron chi connectivity index (χ3n) is 9.47. The normalized spacial score (nSPS) is 20.1. The van der Waals surface area contributed by atoms with Crippen LogP contribution in [0.3, 0.4) is 0 Å². The number of benzene rings is 2. The van der Waals surface area contributed by atoms with Crippen molar-refractivity contribution >= 4 is 17.7 Å². The fourth-order valence-electron chi connectivity index (χ4n) is 6.69. The first kappa shape index (κ1) is 35.2. The molecule has 0 unspecified atom stereocenters. The highest BCUT2D eigenvalue weighted by atomic mass is 19.4. The van der Waals surface area contributed by atoms with Crippen LogP contribution in [0.25, 0.3) is 0 Å². The number of carbonyl (C=O) groups excluding carboxylic acids is 3. The standard InChI is InChI=1S/C33H38F7N3O3/c1-19-14-25(34)6-7-26(19)27-18-43(29(45)21-8-11-42(12-9-21)20(2)44)13-10-28(27)41(5)30(46)31(3,4)22-15-23(32(35,36)37)17-24(16-22)33(38,39)40/h6-7,14-17,21,27-28H,8-13,18H2,1-5H3/t27-,28+/m0/s1. The molecule has 2 aromatic carbocycles. The highest BCUT2D eigenvalue weighted by molar-refractivity contribution is 5.88. The summed E-state index contributed by atoms with van der Waals surface area (Å²) in [7, 11) is 1.45. The Morgan fingerprint density at radius 2 is 1.33 bits per heavy atom. The van der Waals surface area contributed by atoms with E-state index in [1.807, 2.05) is 0 Å². The van der Waals surface area contributed by atoms with Crippen LogP contribution in [-0.2, 0) is 32.2 Å². The van der Waals surface area contributed by atoms with Crippen LogP contribution in [0.1, 0.15) is 73.8 Å². The van der Waals surface area contributed by atoms with Crippen LogP contribution in [0, 0.1) is 18.7 Å². The third kappa shape index (κ3) is 7.33. The zero-order valence-corrected chi connectivity index (χ0v) is 26.4. The van der Waals surface area contributed by atoms with E-state index >= 15 is 0 Å². The number of hydrogen-bond acceptors (Lipinski definition) is 3.